The van der Waals surface area contributed by atoms with E-state index in [0.29, 0.717) is 31.6 Å². The van der Waals surface area contributed by atoms with Crippen molar-refractivity contribution in [3.63, 3.8) is 0 Å². The monoisotopic (exact) mass is 604 g/mol. The molecule has 0 fully saturated rings. The molecule has 44 heavy (non-hydrogen) atoms. The Labute approximate surface area is 260 Å². The SMILES string of the molecule is C.COc1ccc(COC(=O)[C@@H](CCCCNC(=O)OC(C)(C)C)NC(=O)OCC2c3ccccc3-c3ccccc32)cc1. The molecule has 0 saturated carbocycles. The molecule has 0 unspecified atom stereocenters. The van der Waals surface area contributed by atoms with Crippen molar-refractivity contribution in [3.05, 3.63) is 89.5 Å². The van der Waals surface area contributed by atoms with Gasteiger partial charge in [-0.25, -0.2) is 14.4 Å². The molecule has 236 valence electrons. The lowest BCUT2D eigenvalue weighted by Gasteiger charge is -2.20. The summed E-state index contributed by atoms with van der Waals surface area (Å²) in [6.07, 6.45) is 0.233. The molecule has 9 nitrogen and oxygen atoms in total. The van der Waals surface area contributed by atoms with Crippen molar-refractivity contribution in [2.75, 3.05) is 20.3 Å². The van der Waals surface area contributed by atoms with E-state index < -0.39 is 29.8 Å². The number of unbranched alkanes of at least 4 members (excludes halogenated alkanes) is 1. The number of hydrogen-bond donors (Lipinski definition) is 2. The van der Waals surface area contributed by atoms with Gasteiger partial charge in [-0.1, -0.05) is 68.1 Å². The predicted molar refractivity (Wildman–Crippen MR) is 170 cm³/mol. The van der Waals surface area contributed by atoms with E-state index in [2.05, 4.69) is 22.8 Å². The van der Waals surface area contributed by atoms with Crippen LogP contribution in [-0.4, -0.2) is 50.1 Å². The van der Waals surface area contributed by atoms with Gasteiger partial charge in [0.1, 0.15) is 30.6 Å². The number of methoxy groups -OCH3 is 1. The molecule has 0 saturated heterocycles. The van der Waals surface area contributed by atoms with Gasteiger partial charge in [0, 0.05) is 12.5 Å². The number of ether oxygens (including phenoxy) is 4. The highest BCUT2D eigenvalue weighted by atomic mass is 16.6. The number of hydrogen-bond acceptors (Lipinski definition) is 7. The maximum absolute atomic E-state index is 13.1. The number of carbonyl (C=O) groups excluding carboxylic acids is 3. The Bertz CT molecular complexity index is 1350. The van der Waals surface area contributed by atoms with Crippen LogP contribution in [0, 0.1) is 0 Å². The Kier molecular flexibility index (Phi) is 12.2. The highest BCUT2D eigenvalue weighted by molar-refractivity contribution is 5.82. The Morgan fingerprint density at radius 1 is 0.818 bits per heavy atom. The van der Waals surface area contributed by atoms with Gasteiger partial charge in [-0.15, -0.1) is 0 Å². The molecule has 2 N–H and O–H groups in total. The minimum Gasteiger partial charge on any atom is -0.497 e. The smallest absolute Gasteiger partial charge is 0.407 e. The normalized spacial score (nSPS) is 12.5. The summed E-state index contributed by atoms with van der Waals surface area (Å²) in [5, 5.41) is 5.41. The quantitative estimate of drug-likeness (QED) is 0.130. The van der Waals surface area contributed by atoms with Gasteiger partial charge in [0.25, 0.3) is 0 Å². The van der Waals surface area contributed by atoms with E-state index in [4.69, 9.17) is 18.9 Å². The van der Waals surface area contributed by atoms with Gasteiger partial charge in [-0.05, 0) is 80.0 Å². The van der Waals surface area contributed by atoms with E-state index in [1.807, 2.05) is 48.5 Å². The van der Waals surface area contributed by atoms with E-state index in [1.165, 1.54) is 0 Å². The molecule has 4 rings (SSSR count). The molecule has 0 aliphatic heterocycles. The van der Waals surface area contributed by atoms with Crippen LogP contribution < -0.4 is 15.4 Å². The number of rotatable bonds is 12. The molecule has 1 aliphatic rings. The number of amides is 2. The highest BCUT2D eigenvalue weighted by Crippen LogP contribution is 2.44. The van der Waals surface area contributed by atoms with Gasteiger partial charge in [0.15, 0.2) is 0 Å². The fourth-order valence-electron chi connectivity index (χ4n) is 4.99. The molecule has 0 aromatic heterocycles. The summed E-state index contributed by atoms with van der Waals surface area (Å²) in [4.78, 5) is 38.0. The molecule has 0 radical (unpaired) electrons. The molecule has 0 heterocycles. The van der Waals surface area contributed by atoms with E-state index in [0.717, 1.165) is 27.8 Å². The van der Waals surface area contributed by atoms with Crippen LogP contribution in [0.1, 0.15) is 70.1 Å². The Morgan fingerprint density at radius 3 is 2.02 bits per heavy atom. The lowest BCUT2D eigenvalue weighted by Crippen LogP contribution is -2.42. The summed E-state index contributed by atoms with van der Waals surface area (Å²) in [5.74, 6) is 0.0341. The van der Waals surface area contributed by atoms with Crippen LogP contribution in [0.5, 0.6) is 5.75 Å². The fraction of sp³-hybridized carbons (Fsp3) is 0.400. The molecule has 2 amide bonds. The molecular weight excluding hydrogens is 560 g/mol. The Morgan fingerprint density at radius 2 is 1.43 bits per heavy atom. The molecule has 1 atom stereocenters. The lowest BCUT2D eigenvalue weighted by molar-refractivity contribution is -0.147. The first-order valence-corrected chi connectivity index (χ1v) is 14.5. The van der Waals surface area contributed by atoms with Crippen molar-refractivity contribution >= 4 is 18.2 Å². The topological polar surface area (TPSA) is 112 Å². The number of benzene rings is 3. The Balaban J connectivity index is 0.00000529. The van der Waals surface area contributed by atoms with Crippen LogP contribution in [0.3, 0.4) is 0 Å². The van der Waals surface area contributed by atoms with Crippen LogP contribution >= 0.6 is 0 Å². The van der Waals surface area contributed by atoms with E-state index in [-0.39, 0.29) is 26.6 Å². The second-order valence-electron chi connectivity index (χ2n) is 11.4. The minimum atomic E-state index is -0.921. The van der Waals surface area contributed by atoms with Crippen molar-refractivity contribution in [2.24, 2.45) is 0 Å². The zero-order chi connectivity index (χ0) is 30.8. The first-order valence-electron chi connectivity index (χ1n) is 14.5. The van der Waals surface area contributed by atoms with Gasteiger partial charge in [-0.2, -0.15) is 0 Å². The van der Waals surface area contributed by atoms with Gasteiger partial charge in [0.2, 0.25) is 0 Å². The number of fused-ring (bicyclic) bond motifs is 3. The maximum atomic E-state index is 13.1. The van der Waals surface area contributed by atoms with Crippen molar-refractivity contribution in [1.82, 2.24) is 10.6 Å². The van der Waals surface area contributed by atoms with Crippen LogP contribution in [0.4, 0.5) is 9.59 Å². The molecule has 9 heteroatoms. The summed E-state index contributed by atoms with van der Waals surface area (Å²) in [6, 6.07) is 22.4. The van der Waals surface area contributed by atoms with E-state index >= 15 is 0 Å². The zero-order valence-corrected chi connectivity index (χ0v) is 25.2. The Hall–Kier alpha value is -4.53. The van der Waals surface area contributed by atoms with Crippen molar-refractivity contribution in [3.8, 4) is 16.9 Å². The average Bonchev–Trinajstić information content (AvgIpc) is 3.31. The first kappa shape index (κ1) is 34.0. The lowest BCUT2D eigenvalue weighted by atomic mass is 9.98. The summed E-state index contributed by atoms with van der Waals surface area (Å²) in [6.45, 7) is 5.93. The van der Waals surface area contributed by atoms with Gasteiger partial charge in [-0.3, -0.25) is 0 Å². The molecule has 3 aromatic carbocycles. The predicted octanol–water partition coefficient (Wildman–Crippen LogP) is 6.98. The summed E-state index contributed by atoms with van der Waals surface area (Å²) in [7, 11) is 1.58. The van der Waals surface area contributed by atoms with Gasteiger partial charge >= 0.3 is 18.2 Å². The number of alkyl carbamates (subject to hydrolysis) is 2. The van der Waals surface area contributed by atoms with Gasteiger partial charge in [0.05, 0.1) is 7.11 Å². The van der Waals surface area contributed by atoms with E-state index in [9.17, 15) is 14.4 Å². The number of esters is 1. The van der Waals surface area contributed by atoms with Crippen molar-refractivity contribution in [2.45, 2.75) is 71.6 Å². The summed E-state index contributed by atoms with van der Waals surface area (Å²) >= 11 is 0. The summed E-state index contributed by atoms with van der Waals surface area (Å²) in [5.41, 5.74) is 4.67. The van der Waals surface area contributed by atoms with Crippen molar-refractivity contribution in [1.29, 1.82) is 0 Å². The molecule has 3 aromatic rings. The van der Waals surface area contributed by atoms with Crippen molar-refractivity contribution < 1.29 is 33.3 Å². The summed E-state index contributed by atoms with van der Waals surface area (Å²) < 4.78 is 21.6. The third-order valence-electron chi connectivity index (χ3n) is 7.05. The minimum absolute atomic E-state index is 0. The third-order valence-corrected chi connectivity index (χ3v) is 7.05. The second-order valence-corrected chi connectivity index (χ2v) is 11.4. The molecule has 1 aliphatic carbocycles. The van der Waals surface area contributed by atoms with Gasteiger partial charge < -0.3 is 29.6 Å². The van der Waals surface area contributed by atoms with Crippen LogP contribution in [0.25, 0.3) is 11.1 Å². The van der Waals surface area contributed by atoms with Crippen LogP contribution in [-0.2, 0) is 25.6 Å². The molecule has 0 bridgehead atoms. The maximum Gasteiger partial charge on any atom is 0.407 e. The largest absolute Gasteiger partial charge is 0.497 e. The van der Waals surface area contributed by atoms with Crippen LogP contribution in [0.2, 0.25) is 0 Å². The first-order chi connectivity index (χ1) is 20.6. The zero-order valence-electron chi connectivity index (χ0n) is 25.2. The van der Waals surface area contributed by atoms with Crippen LogP contribution in [0.15, 0.2) is 72.8 Å². The standard InChI is InChI=1S/C34H40N2O7.CH4/c1-34(2,3)43-32(38)35-20-10-9-15-30(31(37)41-21-23-16-18-24(40-4)19-17-23)36-33(39)42-22-29-27-13-7-5-11-25(27)26-12-6-8-14-28(26)29;/h5-8,11-14,16-19,29-30H,9-10,15,20-22H2,1-4H3,(H,35,38)(H,36,39);1H4/t30-;/m1./s1. The second kappa shape index (κ2) is 15.8. The molecular formula is C35H44N2O7. The molecule has 0 spiro atoms. The number of nitrogens with one attached hydrogen (secondary N) is 2. The number of carbonyl (C=O) groups is 3. The fourth-order valence-corrected chi connectivity index (χ4v) is 4.99. The highest BCUT2D eigenvalue weighted by Gasteiger charge is 2.30. The third kappa shape index (κ3) is 9.49. The van der Waals surface area contributed by atoms with E-state index in [1.54, 1.807) is 40.0 Å². The average molecular weight is 605 g/mol.